The van der Waals surface area contributed by atoms with Gasteiger partial charge in [-0.25, -0.2) is 9.97 Å². The number of amides is 1. The van der Waals surface area contributed by atoms with E-state index in [1.54, 1.807) is 17.4 Å². The van der Waals surface area contributed by atoms with Gasteiger partial charge in [0.25, 0.3) is 0 Å². The van der Waals surface area contributed by atoms with Crippen molar-refractivity contribution in [2.45, 2.75) is 20.3 Å². The second-order valence-corrected chi connectivity index (χ2v) is 4.81. The summed E-state index contributed by atoms with van der Waals surface area (Å²) < 4.78 is 0. The van der Waals surface area contributed by atoms with Gasteiger partial charge in [0.15, 0.2) is 0 Å². The van der Waals surface area contributed by atoms with Crippen molar-refractivity contribution < 1.29 is 4.79 Å². The van der Waals surface area contributed by atoms with E-state index in [1.807, 2.05) is 31.4 Å². The number of carbonyl (C=O) groups excluding carboxylic acids is 1. The van der Waals surface area contributed by atoms with Crippen LogP contribution in [0, 0.1) is 13.8 Å². The van der Waals surface area contributed by atoms with E-state index in [0.717, 1.165) is 16.4 Å². The Morgan fingerprint density at radius 2 is 2.18 bits per heavy atom. The van der Waals surface area contributed by atoms with Crippen LogP contribution < -0.4 is 5.32 Å². The average molecular weight is 247 g/mol. The zero-order valence-corrected chi connectivity index (χ0v) is 10.5. The van der Waals surface area contributed by atoms with Crippen LogP contribution in [0.15, 0.2) is 23.6 Å². The monoisotopic (exact) mass is 247 g/mol. The van der Waals surface area contributed by atoms with E-state index >= 15 is 0 Å². The minimum absolute atomic E-state index is 0.0894. The van der Waals surface area contributed by atoms with E-state index in [1.165, 1.54) is 0 Å². The number of carbonyl (C=O) groups is 1. The molecular weight excluding hydrogens is 234 g/mol. The third kappa shape index (κ3) is 3.35. The molecule has 1 N–H and O–H groups in total. The Morgan fingerprint density at radius 1 is 1.35 bits per heavy atom. The summed E-state index contributed by atoms with van der Waals surface area (Å²) in [5.41, 5.74) is 1.69. The van der Waals surface area contributed by atoms with Gasteiger partial charge in [-0.3, -0.25) is 4.79 Å². The minimum Gasteiger partial charge on any atom is -0.310 e. The zero-order chi connectivity index (χ0) is 12.3. The molecule has 0 saturated heterocycles. The smallest absolute Gasteiger partial charge is 0.231 e. The maximum Gasteiger partial charge on any atom is 0.231 e. The molecular formula is C12H13N3OS. The summed E-state index contributed by atoms with van der Waals surface area (Å²) in [6.45, 7) is 3.81. The maximum absolute atomic E-state index is 11.7. The fourth-order valence-corrected chi connectivity index (χ4v) is 2.07. The highest BCUT2D eigenvalue weighted by Crippen LogP contribution is 2.10. The fraction of sp³-hybridized carbons (Fsp3) is 0.250. The Hall–Kier alpha value is -1.75. The van der Waals surface area contributed by atoms with E-state index in [0.29, 0.717) is 12.2 Å². The maximum atomic E-state index is 11.7. The van der Waals surface area contributed by atoms with Gasteiger partial charge in [0.05, 0.1) is 17.1 Å². The van der Waals surface area contributed by atoms with Crippen LogP contribution in [0.2, 0.25) is 0 Å². The minimum atomic E-state index is -0.0894. The highest BCUT2D eigenvalue weighted by atomic mass is 32.1. The molecule has 0 unspecified atom stereocenters. The molecule has 5 heteroatoms. The van der Waals surface area contributed by atoms with Crippen LogP contribution in [0.4, 0.5) is 5.82 Å². The molecule has 17 heavy (non-hydrogen) atoms. The normalized spacial score (nSPS) is 10.2. The Balaban J connectivity index is 1.98. The molecule has 2 aromatic heterocycles. The van der Waals surface area contributed by atoms with Crippen LogP contribution in [0.1, 0.15) is 16.4 Å². The van der Waals surface area contributed by atoms with Crippen LogP contribution >= 0.6 is 11.3 Å². The molecule has 88 valence electrons. The molecule has 0 atom stereocenters. The van der Waals surface area contributed by atoms with Crippen molar-refractivity contribution in [1.29, 1.82) is 0 Å². The Morgan fingerprint density at radius 3 is 2.82 bits per heavy atom. The molecule has 0 aliphatic heterocycles. The molecule has 0 bridgehead atoms. The van der Waals surface area contributed by atoms with E-state index in [9.17, 15) is 4.79 Å². The van der Waals surface area contributed by atoms with E-state index in [-0.39, 0.29) is 5.91 Å². The average Bonchev–Trinajstić information content (AvgIpc) is 2.63. The number of hydrogen-bond donors (Lipinski definition) is 1. The quantitative estimate of drug-likeness (QED) is 0.905. The van der Waals surface area contributed by atoms with Crippen LogP contribution in [-0.4, -0.2) is 15.9 Å². The number of aryl methyl sites for hydroxylation is 2. The third-order valence-electron chi connectivity index (χ3n) is 2.16. The van der Waals surface area contributed by atoms with Crippen LogP contribution in [-0.2, 0) is 11.2 Å². The van der Waals surface area contributed by atoms with E-state index < -0.39 is 0 Å². The topological polar surface area (TPSA) is 54.9 Å². The second kappa shape index (κ2) is 5.05. The molecule has 0 aliphatic rings. The highest BCUT2D eigenvalue weighted by molar-refractivity contribution is 7.09. The fourth-order valence-electron chi connectivity index (χ4n) is 1.45. The van der Waals surface area contributed by atoms with Gasteiger partial charge in [0, 0.05) is 11.1 Å². The Labute approximate surface area is 104 Å². The number of rotatable bonds is 3. The summed E-state index contributed by atoms with van der Waals surface area (Å²) in [5, 5.41) is 5.63. The van der Waals surface area contributed by atoms with Crippen molar-refractivity contribution in [3.8, 4) is 0 Å². The van der Waals surface area contributed by atoms with Gasteiger partial charge in [-0.15, -0.1) is 11.3 Å². The summed E-state index contributed by atoms with van der Waals surface area (Å²) in [5.74, 6) is 0.496. The Kier molecular flexibility index (Phi) is 3.49. The number of nitrogens with zero attached hydrogens (tertiary/aromatic N) is 2. The molecule has 2 rings (SSSR count). The Bertz CT molecular complexity index is 536. The van der Waals surface area contributed by atoms with Crippen molar-refractivity contribution in [2.75, 3.05) is 5.32 Å². The van der Waals surface area contributed by atoms with Crippen molar-refractivity contribution in [3.63, 3.8) is 0 Å². The summed E-state index contributed by atoms with van der Waals surface area (Å²) in [7, 11) is 0. The lowest BCUT2D eigenvalue weighted by molar-refractivity contribution is -0.115. The van der Waals surface area contributed by atoms with Gasteiger partial charge in [0.1, 0.15) is 5.82 Å². The molecule has 0 aromatic carbocycles. The lowest BCUT2D eigenvalue weighted by Crippen LogP contribution is -2.15. The van der Waals surface area contributed by atoms with Crippen LogP contribution in [0.3, 0.4) is 0 Å². The van der Waals surface area contributed by atoms with Gasteiger partial charge in [-0.05, 0) is 26.0 Å². The predicted octanol–water partition coefficient (Wildman–Crippen LogP) is 2.34. The SMILES string of the molecule is Cc1cccc(NC(=O)Cc2csc(C)n2)n1. The first-order valence-electron chi connectivity index (χ1n) is 5.28. The number of thiazole rings is 1. The number of hydrogen-bond acceptors (Lipinski definition) is 4. The summed E-state index contributed by atoms with van der Waals surface area (Å²) >= 11 is 1.55. The first-order chi connectivity index (χ1) is 8.13. The largest absolute Gasteiger partial charge is 0.310 e. The number of nitrogens with one attached hydrogen (secondary N) is 1. The molecule has 4 nitrogen and oxygen atoms in total. The van der Waals surface area contributed by atoms with Gasteiger partial charge in [0.2, 0.25) is 5.91 Å². The highest BCUT2D eigenvalue weighted by Gasteiger charge is 2.07. The van der Waals surface area contributed by atoms with Crippen LogP contribution in [0.25, 0.3) is 0 Å². The lowest BCUT2D eigenvalue weighted by Gasteiger charge is -2.03. The standard InChI is InChI=1S/C12H13N3OS/c1-8-4-3-5-11(13-8)15-12(16)6-10-7-17-9(2)14-10/h3-5,7H,6H2,1-2H3,(H,13,15,16). The molecule has 0 fully saturated rings. The predicted molar refractivity (Wildman–Crippen MR) is 68.2 cm³/mol. The van der Waals surface area contributed by atoms with Gasteiger partial charge in [-0.1, -0.05) is 6.07 Å². The summed E-state index contributed by atoms with van der Waals surface area (Å²) in [4.78, 5) is 20.2. The molecule has 1 amide bonds. The van der Waals surface area contributed by atoms with Crippen molar-refractivity contribution in [3.05, 3.63) is 40.0 Å². The lowest BCUT2D eigenvalue weighted by atomic mass is 10.3. The molecule has 2 aromatic rings. The molecule has 0 radical (unpaired) electrons. The summed E-state index contributed by atoms with van der Waals surface area (Å²) in [6.07, 6.45) is 0.292. The number of aromatic nitrogens is 2. The van der Waals surface area contributed by atoms with Crippen LogP contribution in [0.5, 0.6) is 0 Å². The first-order valence-corrected chi connectivity index (χ1v) is 6.16. The molecule has 2 heterocycles. The zero-order valence-electron chi connectivity index (χ0n) is 9.73. The van der Waals surface area contributed by atoms with Crippen molar-refractivity contribution in [1.82, 2.24) is 9.97 Å². The van der Waals surface area contributed by atoms with Crippen molar-refractivity contribution in [2.24, 2.45) is 0 Å². The summed E-state index contributed by atoms with van der Waals surface area (Å²) in [6, 6.07) is 5.53. The molecule has 0 spiro atoms. The third-order valence-corrected chi connectivity index (χ3v) is 2.99. The van der Waals surface area contributed by atoms with E-state index in [4.69, 9.17) is 0 Å². The molecule has 0 aliphatic carbocycles. The molecule has 0 saturated carbocycles. The van der Waals surface area contributed by atoms with Gasteiger partial charge < -0.3 is 5.32 Å². The number of anilines is 1. The van der Waals surface area contributed by atoms with Crippen molar-refractivity contribution >= 4 is 23.1 Å². The van der Waals surface area contributed by atoms with Gasteiger partial charge in [-0.2, -0.15) is 0 Å². The first kappa shape index (κ1) is 11.7. The van der Waals surface area contributed by atoms with E-state index in [2.05, 4.69) is 15.3 Å². The second-order valence-electron chi connectivity index (χ2n) is 3.75. The number of pyridine rings is 1. The van der Waals surface area contributed by atoms with Gasteiger partial charge >= 0.3 is 0 Å².